The van der Waals surface area contributed by atoms with Gasteiger partial charge in [-0.05, 0) is 24.3 Å². The number of hydrogen-bond donors (Lipinski definition) is 0. The van der Waals surface area contributed by atoms with Crippen LogP contribution in [0.1, 0.15) is 5.56 Å². The molecule has 0 heterocycles. The maximum atomic E-state index is 4.55. The minimum absolute atomic E-state index is 0.929. The zero-order valence-corrected chi connectivity index (χ0v) is 12.6. The summed E-state index contributed by atoms with van der Waals surface area (Å²) in [6.45, 7) is 0. The summed E-state index contributed by atoms with van der Waals surface area (Å²) in [4.78, 5) is 6.73. The number of hydrogen-bond acceptors (Lipinski definition) is 1. The highest BCUT2D eigenvalue weighted by Crippen LogP contribution is 2.27. The molecule has 3 aromatic rings. The molecule has 0 bridgehead atoms. The lowest BCUT2D eigenvalue weighted by Gasteiger charge is -2.26. The molecule has 0 N–H and O–H groups in total. The van der Waals surface area contributed by atoms with Crippen molar-refractivity contribution < 1.29 is 0 Å². The number of para-hydroxylation sites is 2. The molecule has 108 valence electrons. The van der Waals surface area contributed by atoms with Crippen LogP contribution >= 0.6 is 0 Å². The Morgan fingerprint density at radius 2 is 1.05 bits per heavy atom. The number of amidine groups is 1. The molecule has 0 atom stereocenters. The number of rotatable bonds is 3. The van der Waals surface area contributed by atoms with Gasteiger partial charge < -0.3 is 0 Å². The van der Waals surface area contributed by atoms with E-state index in [-0.39, 0.29) is 0 Å². The van der Waals surface area contributed by atoms with Gasteiger partial charge in [-0.3, -0.25) is 9.89 Å². The van der Waals surface area contributed by atoms with Gasteiger partial charge in [0.05, 0.1) is 0 Å². The van der Waals surface area contributed by atoms with Crippen molar-refractivity contribution in [3.63, 3.8) is 0 Å². The molecule has 0 aliphatic rings. The van der Waals surface area contributed by atoms with Crippen molar-refractivity contribution in [1.82, 2.24) is 0 Å². The van der Waals surface area contributed by atoms with E-state index in [0.29, 0.717) is 0 Å². The molecule has 3 rings (SSSR count). The normalized spacial score (nSPS) is 11.2. The van der Waals surface area contributed by atoms with Crippen molar-refractivity contribution in [1.29, 1.82) is 0 Å². The Morgan fingerprint density at radius 3 is 1.45 bits per heavy atom. The van der Waals surface area contributed by atoms with Crippen molar-refractivity contribution >= 4 is 17.2 Å². The molecule has 0 aliphatic heterocycles. The van der Waals surface area contributed by atoms with E-state index >= 15 is 0 Å². The zero-order valence-electron chi connectivity index (χ0n) is 12.6. The molecule has 0 saturated carbocycles. The predicted molar refractivity (Wildman–Crippen MR) is 93.9 cm³/mol. The maximum Gasteiger partial charge on any atom is 0.139 e. The van der Waals surface area contributed by atoms with Crippen LogP contribution in [0.25, 0.3) is 0 Å². The summed E-state index contributed by atoms with van der Waals surface area (Å²) in [6, 6.07) is 30.9. The van der Waals surface area contributed by atoms with Gasteiger partial charge in [-0.1, -0.05) is 66.7 Å². The first-order chi connectivity index (χ1) is 10.9. The molecular weight excluding hydrogens is 268 g/mol. The minimum Gasteiger partial charge on any atom is -0.295 e. The lowest BCUT2D eigenvalue weighted by molar-refractivity contribution is 1.28. The van der Waals surface area contributed by atoms with Gasteiger partial charge >= 0.3 is 0 Å². The van der Waals surface area contributed by atoms with Crippen LogP contribution < -0.4 is 4.90 Å². The van der Waals surface area contributed by atoms with E-state index in [1.54, 1.807) is 0 Å². The summed E-state index contributed by atoms with van der Waals surface area (Å²) in [5.74, 6) is 0.929. The summed E-state index contributed by atoms with van der Waals surface area (Å²) in [7, 11) is 1.83. The summed E-state index contributed by atoms with van der Waals surface area (Å²) in [6.07, 6.45) is 0. The molecule has 0 aliphatic carbocycles. The Balaban J connectivity index is 2.14. The molecule has 22 heavy (non-hydrogen) atoms. The number of aliphatic imine (C=N–C) groups is 1. The zero-order chi connectivity index (χ0) is 15.2. The highest BCUT2D eigenvalue weighted by molar-refractivity contribution is 6.14. The van der Waals surface area contributed by atoms with Crippen molar-refractivity contribution in [2.24, 2.45) is 4.99 Å². The summed E-state index contributed by atoms with van der Waals surface area (Å²) >= 11 is 0. The second-order valence-corrected chi connectivity index (χ2v) is 4.92. The Morgan fingerprint density at radius 1 is 0.636 bits per heavy atom. The van der Waals surface area contributed by atoms with Gasteiger partial charge in [0.1, 0.15) is 5.84 Å². The topological polar surface area (TPSA) is 15.6 Å². The Bertz CT molecular complexity index is 695. The highest BCUT2D eigenvalue weighted by Gasteiger charge is 2.16. The monoisotopic (exact) mass is 286 g/mol. The first-order valence-electron chi connectivity index (χ1n) is 7.32. The summed E-state index contributed by atoms with van der Waals surface area (Å²) in [5.41, 5.74) is 3.29. The highest BCUT2D eigenvalue weighted by atomic mass is 15.2. The number of benzene rings is 3. The third-order valence-electron chi connectivity index (χ3n) is 3.48. The molecule has 0 fully saturated rings. The first-order valence-corrected chi connectivity index (χ1v) is 7.32. The molecule has 0 saturated heterocycles. The fourth-order valence-corrected chi connectivity index (χ4v) is 2.49. The van der Waals surface area contributed by atoms with Gasteiger partial charge in [0.15, 0.2) is 0 Å². The standard InChI is InChI=1S/C20H18N2/c1-21-20(17-11-5-2-6-12-17)22(18-13-7-3-8-14-18)19-15-9-4-10-16-19/h2-16H,1H3. The minimum atomic E-state index is 0.929. The fourth-order valence-electron chi connectivity index (χ4n) is 2.49. The molecular formula is C20H18N2. The van der Waals surface area contributed by atoms with Crippen LogP contribution in [-0.2, 0) is 0 Å². The van der Waals surface area contributed by atoms with Gasteiger partial charge in [-0.25, -0.2) is 0 Å². The molecule has 3 aromatic carbocycles. The lowest BCUT2D eigenvalue weighted by Crippen LogP contribution is -2.26. The molecule has 0 unspecified atom stereocenters. The van der Waals surface area contributed by atoms with Crippen LogP contribution in [0.2, 0.25) is 0 Å². The van der Waals surface area contributed by atoms with E-state index in [4.69, 9.17) is 0 Å². The molecule has 0 aromatic heterocycles. The lowest BCUT2D eigenvalue weighted by atomic mass is 10.1. The van der Waals surface area contributed by atoms with Crippen molar-refractivity contribution in [3.8, 4) is 0 Å². The van der Waals surface area contributed by atoms with E-state index in [2.05, 4.69) is 46.3 Å². The smallest absolute Gasteiger partial charge is 0.139 e. The SMILES string of the molecule is CN=C(c1ccccc1)N(c1ccccc1)c1ccccc1. The van der Waals surface area contributed by atoms with E-state index in [0.717, 1.165) is 22.8 Å². The summed E-state index contributed by atoms with van der Waals surface area (Å²) in [5, 5.41) is 0. The van der Waals surface area contributed by atoms with Crippen LogP contribution in [0.3, 0.4) is 0 Å². The van der Waals surface area contributed by atoms with Gasteiger partial charge in [-0.15, -0.1) is 0 Å². The molecule has 0 amide bonds. The van der Waals surface area contributed by atoms with E-state index in [1.165, 1.54) is 0 Å². The van der Waals surface area contributed by atoms with E-state index in [1.807, 2.05) is 61.6 Å². The van der Waals surface area contributed by atoms with Crippen LogP contribution in [-0.4, -0.2) is 12.9 Å². The molecule has 2 nitrogen and oxygen atoms in total. The van der Waals surface area contributed by atoms with Gasteiger partial charge in [0, 0.05) is 24.0 Å². The van der Waals surface area contributed by atoms with Crippen molar-refractivity contribution in [2.75, 3.05) is 11.9 Å². The van der Waals surface area contributed by atoms with Gasteiger partial charge in [-0.2, -0.15) is 0 Å². The molecule has 0 radical (unpaired) electrons. The molecule has 2 heteroatoms. The van der Waals surface area contributed by atoms with Crippen molar-refractivity contribution in [2.45, 2.75) is 0 Å². The second kappa shape index (κ2) is 6.72. The third-order valence-corrected chi connectivity index (χ3v) is 3.48. The van der Waals surface area contributed by atoms with Crippen LogP contribution in [0.15, 0.2) is 96.0 Å². The number of anilines is 2. The largest absolute Gasteiger partial charge is 0.295 e. The van der Waals surface area contributed by atoms with Crippen LogP contribution in [0, 0.1) is 0 Å². The van der Waals surface area contributed by atoms with Crippen LogP contribution in [0.4, 0.5) is 11.4 Å². The van der Waals surface area contributed by atoms with Crippen molar-refractivity contribution in [3.05, 3.63) is 96.6 Å². The van der Waals surface area contributed by atoms with Gasteiger partial charge in [0.25, 0.3) is 0 Å². The predicted octanol–water partition coefficient (Wildman–Crippen LogP) is 4.90. The Kier molecular flexibility index (Phi) is 4.30. The fraction of sp³-hybridized carbons (Fsp3) is 0.0500. The molecule has 0 spiro atoms. The summed E-state index contributed by atoms with van der Waals surface area (Å²) < 4.78 is 0. The van der Waals surface area contributed by atoms with E-state index < -0.39 is 0 Å². The average Bonchev–Trinajstić information content (AvgIpc) is 2.62. The number of nitrogens with zero attached hydrogens (tertiary/aromatic N) is 2. The Hall–Kier alpha value is -2.87. The second-order valence-electron chi connectivity index (χ2n) is 4.92. The Labute approximate surface area is 131 Å². The van der Waals surface area contributed by atoms with Crippen LogP contribution in [0.5, 0.6) is 0 Å². The van der Waals surface area contributed by atoms with E-state index in [9.17, 15) is 0 Å². The maximum absolute atomic E-state index is 4.55. The quantitative estimate of drug-likeness (QED) is 0.494. The third kappa shape index (κ3) is 2.91. The van der Waals surface area contributed by atoms with Gasteiger partial charge in [0.2, 0.25) is 0 Å². The first kappa shape index (κ1) is 14.1. The average molecular weight is 286 g/mol.